The number of halogens is 6. The number of nitrogens with two attached hydrogens (primary N) is 1. The molecule has 28 heavy (non-hydrogen) atoms. The van der Waals surface area contributed by atoms with E-state index in [0.29, 0.717) is 5.56 Å². The van der Waals surface area contributed by atoms with Crippen LogP contribution in [0.1, 0.15) is 23.1 Å². The quantitative estimate of drug-likeness (QED) is 0.782. The van der Waals surface area contributed by atoms with Crippen LogP contribution in [0.15, 0.2) is 36.4 Å². The highest BCUT2D eigenvalue weighted by Gasteiger charge is 2.33. The molecule has 2 aromatic rings. The van der Waals surface area contributed by atoms with E-state index in [4.69, 9.17) is 5.73 Å². The number of anilines is 1. The van der Waals surface area contributed by atoms with Crippen molar-refractivity contribution in [2.45, 2.75) is 31.8 Å². The Balaban J connectivity index is 1.99. The third-order valence-corrected chi connectivity index (χ3v) is 4.25. The number of carbonyl (C=O) groups excluding carboxylic acids is 1. The average molecular weight is 404 g/mol. The fourth-order valence-electron chi connectivity index (χ4n) is 2.99. The molecule has 0 unspecified atom stereocenters. The second kappa shape index (κ2) is 7.34. The van der Waals surface area contributed by atoms with E-state index in [1.54, 1.807) is 0 Å². The molecule has 1 heterocycles. The zero-order chi connectivity index (χ0) is 20.6. The number of benzene rings is 2. The van der Waals surface area contributed by atoms with Crippen molar-refractivity contribution in [2.75, 3.05) is 4.90 Å². The molecule has 0 saturated heterocycles. The molecule has 1 aliphatic heterocycles. The molecule has 0 bridgehead atoms. The fraction of sp³-hybridized carbons (Fsp3) is 0.278. The summed E-state index contributed by atoms with van der Waals surface area (Å²) in [6.07, 6.45) is -7.66. The number of alkyl halides is 5. The minimum absolute atomic E-state index is 0.105. The maximum absolute atomic E-state index is 14.1. The summed E-state index contributed by atoms with van der Waals surface area (Å²) in [5.74, 6) is -2.20. The van der Waals surface area contributed by atoms with Crippen LogP contribution in [0, 0.1) is 5.82 Å². The zero-order valence-electron chi connectivity index (χ0n) is 14.1. The van der Waals surface area contributed by atoms with Gasteiger partial charge in [0.15, 0.2) is 0 Å². The van der Waals surface area contributed by atoms with Gasteiger partial charge in [0, 0.05) is 16.8 Å². The number of nitrogens with zero attached hydrogens (tertiary/aromatic N) is 1. The molecular formula is C18H14F6N2O2. The highest BCUT2D eigenvalue weighted by Crippen LogP contribution is 2.34. The third-order valence-electron chi connectivity index (χ3n) is 4.25. The first-order valence-electron chi connectivity index (χ1n) is 8.07. The number of hydrogen-bond donors (Lipinski definition) is 1. The van der Waals surface area contributed by atoms with E-state index in [9.17, 15) is 31.1 Å². The molecule has 0 spiro atoms. The monoisotopic (exact) mass is 404 g/mol. The predicted octanol–water partition coefficient (Wildman–Crippen LogP) is 4.08. The minimum Gasteiger partial charge on any atom is -0.406 e. The van der Waals surface area contributed by atoms with Crippen LogP contribution in [0.2, 0.25) is 0 Å². The van der Waals surface area contributed by atoms with Gasteiger partial charge < -0.3 is 15.4 Å². The first kappa shape index (κ1) is 20.0. The van der Waals surface area contributed by atoms with Crippen molar-refractivity contribution < 1.29 is 35.9 Å². The average Bonchev–Trinajstić information content (AvgIpc) is 2.59. The van der Waals surface area contributed by atoms with E-state index in [2.05, 4.69) is 4.74 Å². The summed E-state index contributed by atoms with van der Waals surface area (Å²) in [4.78, 5) is 13.5. The normalized spacial score (nSPS) is 17.1. The molecule has 2 N–H and O–H groups in total. The third kappa shape index (κ3) is 4.22. The summed E-state index contributed by atoms with van der Waals surface area (Å²) in [6, 6.07) is 5.06. The van der Waals surface area contributed by atoms with E-state index in [1.807, 2.05) is 0 Å². The molecule has 1 atom stereocenters. The number of hydrogen-bond acceptors (Lipinski definition) is 3. The molecule has 0 radical (unpaired) electrons. The Morgan fingerprint density at radius 2 is 1.89 bits per heavy atom. The van der Waals surface area contributed by atoms with E-state index in [0.717, 1.165) is 29.2 Å². The molecular weight excluding hydrogens is 390 g/mol. The molecule has 0 aliphatic carbocycles. The number of ether oxygens (including phenoxy) is 1. The number of rotatable bonds is 4. The Morgan fingerprint density at radius 1 is 1.18 bits per heavy atom. The van der Waals surface area contributed by atoms with Gasteiger partial charge in [0.1, 0.15) is 11.6 Å². The summed E-state index contributed by atoms with van der Waals surface area (Å²) < 4.78 is 81.1. The van der Waals surface area contributed by atoms with E-state index in [1.165, 1.54) is 12.1 Å². The second-order valence-corrected chi connectivity index (χ2v) is 6.22. The lowest BCUT2D eigenvalue weighted by atomic mass is 9.95. The van der Waals surface area contributed by atoms with Crippen molar-refractivity contribution in [2.24, 2.45) is 5.73 Å². The van der Waals surface area contributed by atoms with Crippen LogP contribution < -0.4 is 15.4 Å². The number of amides is 1. The number of carbonyl (C=O) groups is 1. The largest absolute Gasteiger partial charge is 0.573 e. The first-order chi connectivity index (χ1) is 13.0. The Kier molecular flexibility index (Phi) is 5.24. The molecule has 0 fully saturated rings. The van der Waals surface area contributed by atoms with E-state index >= 15 is 0 Å². The van der Waals surface area contributed by atoms with Gasteiger partial charge in [-0.05, 0) is 36.2 Å². The molecule has 1 aliphatic rings. The van der Waals surface area contributed by atoms with Gasteiger partial charge in [-0.15, -0.1) is 13.2 Å². The summed E-state index contributed by atoms with van der Waals surface area (Å²) in [5, 5.41) is 0. The van der Waals surface area contributed by atoms with Gasteiger partial charge in [0.2, 0.25) is 5.91 Å². The molecule has 0 saturated carbocycles. The van der Waals surface area contributed by atoms with Crippen molar-refractivity contribution in [3.63, 3.8) is 0 Å². The van der Waals surface area contributed by atoms with Crippen LogP contribution in [0.4, 0.5) is 32.0 Å². The molecule has 4 nitrogen and oxygen atoms in total. The standard InChI is InChI=1S/C18H14F6N2O2/c19-13-4-3-12(28-18(22,23)24)5-11(13)8-26-15-7-10(16(20)21)2-1-9(15)6-14(25)17(26)27/h1-5,7,14,16H,6,8,25H2/t14-/m1/s1. The van der Waals surface area contributed by atoms with Gasteiger partial charge in [-0.25, -0.2) is 13.2 Å². The van der Waals surface area contributed by atoms with Crippen LogP contribution in [0.25, 0.3) is 0 Å². The lowest BCUT2D eigenvalue weighted by Crippen LogP contribution is -2.48. The van der Waals surface area contributed by atoms with Crippen LogP contribution in [-0.4, -0.2) is 18.3 Å². The highest BCUT2D eigenvalue weighted by molar-refractivity contribution is 6.00. The Labute approximate surface area is 155 Å². The van der Waals surface area contributed by atoms with Crippen LogP contribution in [0.3, 0.4) is 0 Å². The summed E-state index contributed by atoms with van der Waals surface area (Å²) in [7, 11) is 0. The van der Waals surface area contributed by atoms with Crippen molar-refractivity contribution in [1.29, 1.82) is 0 Å². The number of fused-ring (bicyclic) bond motifs is 1. The van der Waals surface area contributed by atoms with Crippen molar-refractivity contribution in [3.05, 3.63) is 58.9 Å². The molecule has 150 valence electrons. The Bertz CT molecular complexity index is 900. The Hall–Kier alpha value is -2.75. The van der Waals surface area contributed by atoms with Crippen molar-refractivity contribution in [1.82, 2.24) is 0 Å². The molecule has 10 heteroatoms. The summed E-state index contributed by atoms with van der Waals surface area (Å²) in [6.45, 7) is -0.493. The minimum atomic E-state index is -4.98. The van der Waals surface area contributed by atoms with Gasteiger partial charge in [0.25, 0.3) is 6.43 Å². The summed E-state index contributed by atoms with van der Waals surface area (Å²) >= 11 is 0. The second-order valence-electron chi connectivity index (χ2n) is 6.22. The van der Waals surface area contributed by atoms with Gasteiger partial charge in [-0.3, -0.25) is 4.79 Å². The smallest absolute Gasteiger partial charge is 0.406 e. The lowest BCUT2D eigenvalue weighted by Gasteiger charge is -2.33. The van der Waals surface area contributed by atoms with Crippen molar-refractivity contribution in [3.8, 4) is 5.75 Å². The molecule has 0 aromatic heterocycles. The van der Waals surface area contributed by atoms with Crippen LogP contribution in [0.5, 0.6) is 5.75 Å². The first-order valence-corrected chi connectivity index (χ1v) is 8.07. The summed E-state index contributed by atoms with van der Waals surface area (Å²) in [5.41, 5.74) is 5.77. The highest BCUT2D eigenvalue weighted by atomic mass is 19.4. The topological polar surface area (TPSA) is 55.6 Å². The Morgan fingerprint density at radius 3 is 2.54 bits per heavy atom. The van der Waals surface area contributed by atoms with Gasteiger partial charge >= 0.3 is 6.36 Å². The molecule has 1 amide bonds. The van der Waals surface area contributed by atoms with E-state index < -0.39 is 42.8 Å². The predicted molar refractivity (Wildman–Crippen MR) is 87.4 cm³/mol. The maximum atomic E-state index is 14.1. The van der Waals surface area contributed by atoms with Crippen LogP contribution in [-0.2, 0) is 17.8 Å². The van der Waals surface area contributed by atoms with Crippen molar-refractivity contribution >= 4 is 11.6 Å². The maximum Gasteiger partial charge on any atom is 0.573 e. The van der Waals surface area contributed by atoms with Crippen LogP contribution >= 0.6 is 0 Å². The SMILES string of the molecule is N[C@@H]1Cc2ccc(C(F)F)cc2N(Cc2cc(OC(F)(F)F)ccc2F)C1=O. The molecule has 3 rings (SSSR count). The van der Waals surface area contributed by atoms with Gasteiger partial charge in [-0.1, -0.05) is 12.1 Å². The van der Waals surface area contributed by atoms with Gasteiger partial charge in [-0.2, -0.15) is 0 Å². The van der Waals surface area contributed by atoms with Gasteiger partial charge in [0.05, 0.1) is 12.6 Å². The zero-order valence-corrected chi connectivity index (χ0v) is 14.1. The fourth-order valence-corrected chi connectivity index (χ4v) is 2.99. The molecule has 2 aromatic carbocycles. The van der Waals surface area contributed by atoms with E-state index in [-0.39, 0.29) is 23.2 Å². The lowest BCUT2D eigenvalue weighted by molar-refractivity contribution is -0.274.